The van der Waals surface area contributed by atoms with Crippen LogP contribution in [0.1, 0.15) is 75.9 Å². The number of unbranched alkanes of at least 4 members (excludes halogenated alkanes) is 1. The van der Waals surface area contributed by atoms with Gasteiger partial charge in [0, 0.05) is 20.7 Å². The number of imidazole rings is 1. The predicted octanol–water partition coefficient (Wildman–Crippen LogP) is 6.36. The lowest BCUT2D eigenvalue weighted by Gasteiger charge is -2.21. The molecule has 0 saturated heterocycles. The Morgan fingerprint density at radius 1 is 1.21 bits per heavy atom. The summed E-state index contributed by atoms with van der Waals surface area (Å²) in [4.78, 5) is 21.8. The third kappa shape index (κ3) is 8.81. The van der Waals surface area contributed by atoms with E-state index < -0.39 is 0 Å². The van der Waals surface area contributed by atoms with Crippen LogP contribution in [-0.4, -0.2) is 53.8 Å². The van der Waals surface area contributed by atoms with E-state index in [1.807, 2.05) is 39.1 Å². The second-order valence-corrected chi connectivity index (χ2v) is 12.2. The molecule has 1 unspecified atom stereocenters. The molecule has 2 aromatic heterocycles. The Hall–Kier alpha value is -2.88. The Morgan fingerprint density at radius 2 is 1.97 bits per heavy atom. The first-order valence-electron chi connectivity index (χ1n) is 14.0. The van der Waals surface area contributed by atoms with Crippen LogP contribution in [0.4, 0.5) is 5.95 Å². The summed E-state index contributed by atoms with van der Waals surface area (Å²) in [6.07, 6.45) is 4.12. The number of benzene rings is 1. The first-order valence-corrected chi connectivity index (χ1v) is 14.8. The standard InChI is InChI=1S/C28H40N6O2S.C2H6.H2/c1-19-30-17-23(36-19)24-11-12-25(37-24)26(35)32-27-31-21-15-20(16-29-13-7-8-14-33(5)6)9-10-22(21)34(27)18-28(2,3)4;1-2;/h9-12,15,17,19,29-30H,7-8,13-14,16,18H2,1-6H3,(H,31,32,35);1-2H3;1H. The third-order valence-electron chi connectivity index (χ3n) is 6.03. The quantitative estimate of drug-likeness (QED) is 0.238. The molecular formula is C30H48N6O2S. The molecule has 0 fully saturated rings. The number of nitrogens with zero attached hydrogens (tertiary/aromatic N) is 3. The summed E-state index contributed by atoms with van der Waals surface area (Å²) >= 11 is 1.41. The molecule has 0 spiro atoms. The molecule has 4 rings (SSSR count). The van der Waals surface area contributed by atoms with Gasteiger partial charge in [-0.15, -0.1) is 11.3 Å². The monoisotopic (exact) mass is 556 g/mol. The Balaban J connectivity index is 0.00000183. The fourth-order valence-corrected chi connectivity index (χ4v) is 5.12. The van der Waals surface area contributed by atoms with Crippen LogP contribution in [0.15, 0.2) is 36.5 Å². The largest absolute Gasteiger partial charge is 0.468 e. The molecular weight excluding hydrogens is 508 g/mol. The number of amides is 1. The second-order valence-electron chi connectivity index (χ2n) is 11.1. The van der Waals surface area contributed by atoms with E-state index in [9.17, 15) is 4.79 Å². The lowest BCUT2D eigenvalue weighted by Crippen LogP contribution is -2.20. The molecule has 1 atom stereocenters. The van der Waals surface area contributed by atoms with E-state index in [1.54, 1.807) is 0 Å². The molecule has 39 heavy (non-hydrogen) atoms. The van der Waals surface area contributed by atoms with Crippen LogP contribution in [0.5, 0.6) is 0 Å². The van der Waals surface area contributed by atoms with Gasteiger partial charge in [0.2, 0.25) is 5.95 Å². The molecule has 1 aromatic carbocycles. The van der Waals surface area contributed by atoms with Gasteiger partial charge in [0.05, 0.1) is 20.8 Å². The first kappa shape index (κ1) is 30.7. The molecule has 9 heteroatoms. The molecule has 3 N–H and O–H groups in total. The molecule has 0 radical (unpaired) electrons. The Morgan fingerprint density at radius 3 is 2.64 bits per heavy atom. The lowest BCUT2D eigenvalue weighted by atomic mass is 9.97. The summed E-state index contributed by atoms with van der Waals surface area (Å²) in [5.41, 5.74) is 3.12. The average Bonchev–Trinajstić information content (AvgIpc) is 3.61. The molecule has 1 aliphatic heterocycles. The molecule has 0 saturated carbocycles. The van der Waals surface area contributed by atoms with Crippen molar-refractivity contribution in [1.29, 1.82) is 0 Å². The van der Waals surface area contributed by atoms with Crippen LogP contribution < -0.4 is 16.0 Å². The molecule has 1 amide bonds. The SMILES string of the molecule is CC.CC1NC=C(c2ccc(C(=O)Nc3nc4cc(CNCCCCN(C)C)ccc4n3CC(C)(C)C)s2)O1.[HH]. The number of thiophene rings is 1. The van der Waals surface area contributed by atoms with Gasteiger partial charge in [0.15, 0.2) is 12.0 Å². The maximum atomic E-state index is 13.2. The van der Waals surface area contributed by atoms with E-state index in [1.165, 1.54) is 23.3 Å². The van der Waals surface area contributed by atoms with Gasteiger partial charge in [-0.3, -0.25) is 10.1 Å². The van der Waals surface area contributed by atoms with Gasteiger partial charge >= 0.3 is 0 Å². The minimum absolute atomic E-state index is 0. The van der Waals surface area contributed by atoms with Crippen molar-refractivity contribution in [2.45, 2.75) is 73.7 Å². The van der Waals surface area contributed by atoms with Crippen LogP contribution >= 0.6 is 11.3 Å². The predicted molar refractivity (Wildman–Crippen MR) is 166 cm³/mol. The maximum Gasteiger partial charge on any atom is 0.268 e. The van der Waals surface area contributed by atoms with Crippen molar-refractivity contribution in [3.05, 3.63) is 51.8 Å². The van der Waals surface area contributed by atoms with Crippen LogP contribution in [0.25, 0.3) is 16.8 Å². The molecule has 8 nitrogen and oxygen atoms in total. The fourth-order valence-electron chi connectivity index (χ4n) is 4.26. The van der Waals surface area contributed by atoms with E-state index >= 15 is 0 Å². The third-order valence-corrected chi connectivity index (χ3v) is 7.13. The van der Waals surface area contributed by atoms with Crippen molar-refractivity contribution in [2.75, 3.05) is 32.5 Å². The van der Waals surface area contributed by atoms with Crippen LogP contribution in [-0.2, 0) is 17.8 Å². The van der Waals surface area contributed by atoms with Crippen molar-refractivity contribution in [3.63, 3.8) is 0 Å². The highest BCUT2D eigenvalue weighted by Gasteiger charge is 2.22. The molecule has 0 aliphatic carbocycles. The van der Waals surface area contributed by atoms with E-state index in [-0.39, 0.29) is 19.0 Å². The van der Waals surface area contributed by atoms with Gasteiger partial charge in [-0.25, -0.2) is 4.98 Å². The zero-order chi connectivity index (χ0) is 28.6. The van der Waals surface area contributed by atoms with Gasteiger partial charge in [-0.05, 0) is 82.2 Å². The maximum absolute atomic E-state index is 13.2. The number of carbonyl (C=O) groups is 1. The molecule has 1 aliphatic rings. The van der Waals surface area contributed by atoms with Crippen molar-refractivity contribution in [1.82, 2.24) is 25.1 Å². The number of carbonyl (C=O) groups excluding carboxylic acids is 1. The van der Waals surface area contributed by atoms with E-state index in [4.69, 9.17) is 9.72 Å². The average molecular weight is 557 g/mol. The smallest absolute Gasteiger partial charge is 0.268 e. The van der Waals surface area contributed by atoms with Gasteiger partial charge in [0.25, 0.3) is 5.91 Å². The summed E-state index contributed by atoms with van der Waals surface area (Å²) in [7, 11) is 4.22. The van der Waals surface area contributed by atoms with Crippen molar-refractivity contribution < 1.29 is 11.0 Å². The van der Waals surface area contributed by atoms with Crippen LogP contribution in [0.3, 0.4) is 0 Å². The molecule has 216 valence electrons. The topological polar surface area (TPSA) is 83.5 Å². The minimum atomic E-state index is -0.166. The highest BCUT2D eigenvalue weighted by Crippen LogP contribution is 2.30. The number of hydrogen-bond acceptors (Lipinski definition) is 7. The molecule has 0 bridgehead atoms. The number of nitrogens with one attached hydrogen (secondary N) is 3. The van der Waals surface area contributed by atoms with Crippen molar-refractivity contribution in [3.8, 4) is 0 Å². The number of hydrogen-bond donors (Lipinski definition) is 3. The Kier molecular flexibility index (Phi) is 11.0. The first-order chi connectivity index (χ1) is 18.6. The fraction of sp³-hybridized carbons (Fsp3) is 0.533. The van der Waals surface area contributed by atoms with E-state index in [0.29, 0.717) is 10.8 Å². The number of ether oxygens (including phenoxy) is 1. The second kappa shape index (κ2) is 14.0. The highest BCUT2D eigenvalue weighted by atomic mass is 32.1. The van der Waals surface area contributed by atoms with Gasteiger partial charge in [-0.1, -0.05) is 40.7 Å². The molecule has 3 heterocycles. The summed E-state index contributed by atoms with van der Waals surface area (Å²) < 4.78 is 7.86. The number of aromatic nitrogens is 2. The number of rotatable bonds is 11. The summed E-state index contributed by atoms with van der Waals surface area (Å²) in [5.74, 6) is 1.17. The number of fused-ring (bicyclic) bond motifs is 1. The highest BCUT2D eigenvalue weighted by molar-refractivity contribution is 7.15. The minimum Gasteiger partial charge on any atom is -0.468 e. The Bertz CT molecular complexity index is 1260. The number of anilines is 1. The van der Waals surface area contributed by atoms with Crippen molar-refractivity contribution >= 4 is 40.0 Å². The van der Waals surface area contributed by atoms with Gasteiger partial charge in [-0.2, -0.15) is 0 Å². The lowest BCUT2D eigenvalue weighted by molar-refractivity contribution is 0.102. The van der Waals surface area contributed by atoms with Crippen LogP contribution in [0, 0.1) is 5.41 Å². The van der Waals surface area contributed by atoms with Gasteiger partial charge < -0.3 is 24.8 Å². The van der Waals surface area contributed by atoms with Gasteiger partial charge in [0.1, 0.15) is 0 Å². The Labute approximate surface area is 239 Å². The summed E-state index contributed by atoms with van der Waals surface area (Å²) in [6.45, 7) is 16.2. The van der Waals surface area contributed by atoms with E-state index in [0.717, 1.165) is 54.3 Å². The van der Waals surface area contributed by atoms with E-state index in [2.05, 4.69) is 78.5 Å². The zero-order valence-corrected chi connectivity index (χ0v) is 25.7. The zero-order valence-electron chi connectivity index (χ0n) is 24.9. The summed E-state index contributed by atoms with van der Waals surface area (Å²) in [5, 5.41) is 9.74. The normalized spacial score (nSPS) is 15.0. The van der Waals surface area contributed by atoms with Crippen LogP contribution in [0.2, 0.25) is 0 Å². The summed E-state index contributed by atoms with van der Waals surface area (Å²) in [6, 6.07) is 10.1. The molecule has 3 aromatic rings. The van der Waals surface area contributed by atoms with Crippen molar-refractivity contribution in [2.24, 2.45) is 5.41 Å².